The molecule has 1 aliphatic heterocycles. The van der Waals surface area contributed by atoms with Gasteiger partial charge in [0.1, 0.15) is 6.23 Å². The van der Waals surface area contributed by atoms with Gasteiger partial charge in [-0.1, -0.05) is 0 Å². The topological polar surface area (TPSA) is 84.6 Å². The maximum atomic E-state index is 10.5. The van der Waals surface area contributed by atoms with Gasteiger partial charge in [-0.2, -0.15) is 0 Å². The lowest BCUT2D eigenvalue weighted by Gasteiger charge is -2.20. The van der Waals surface area contributed by atoms with Gasteiger partial charge in [0.2, 0.25) is 0 Å². The van der Waals surface area contributed by atoms with Crippen LogP contribution in [0.5, 0.6) is 0 Å². The summed E-state index contributed by atoms with van der Waals surface area (Å²) >= 11 is 0. The highest BCUT2D eigenvalue weighted by Crippen LogP contribution is 2.27. The van der Waals surface area contributed by atoms with Gasteiger partial charge in [-0.25, -0.2) is 0 Å². The Morgan fingerprint density at radius 3 is 2.71 bits per heavy atom. The quantitative estimate of drug-likeness (QED) is 0.605. The minimum absolute atomic E-state index is 0.0174. The molecule has 17 heavy (non-hydrogen) atoms. The fourth-order valence-electron chi connectivity index (χ4n) is 1.71. The van der Waals surface area contributed by atoms with E-state index in [-0.39, 0.29) is 18.5 Å². The zero-order valence-corrected chi connectivity index (χ0v) is 9.42. The van der Waals surface area contributed by atoms with Crippen LogP contribution in [0.25, 0.3) is 0 Å². The predicted octanol–water partition coefficient (Wildman–Crippen LogP) is 0.964. The molecule has 0 spiro atoms. The third-order valence-corrected chi connectivity index (χ3v) is 2.80. The van der Waals surface area contributed by atoms with Gasteiger partial charge in [0.15, 0.2) is 0 Å². The van der Waals surface area contributed by atoms with Crippen molar-refractivity contribution in [3.05, 3.63) is 39.9 Å². The summed E-state index contributed by atoms with van der Waals surface area (Å²) in [5.74, 6) is 0. The van der Waals surface area contributed by atoms with Crippen LogP contribution in [-0.4, -0.2) is 28.8 Å². The van der Waals surface area contributed by atoms with E-state index in [1.54, 1.807) is 12.1 Å². The molecule has 0 radical (unpaired) electrons. The van der Waals surface area contributed by atoms with Crippen LogP contribution < -0.4 is 5.32 Å². The minimum atomic E-state index is -0.452. The molecule has 0 unspecified atom stereocenters. The van der Waals surface area contributed by atoms with Crippen LogP contribution in [0.15, 0.2) is 24.3 Å². The molecule has 92 valence electrons. The molecule has 1 fully saturated rings. The molecule has 2 rings (SSSR count). The number of nitrogens with one attached hydrogen (secondary N) is 1. The van der Waals surface area contributed by atoms with E-state index in [0.29, 0.717) is 6.61 Å². The predicted molar refractivity (Wildman–Crippen MR) is 60.4 cm³/mol. The summed E-state index contributed by atoms with van der Waals surface area (Å²) < 4.78 is 5.50. The van der Waals surface area contributed by atoms with Crippen LogP contribution in [0.4, 0.5) is 5.69 Å². The van der Waals surface area contributed by atoms with Crippen molar-refractivity contribution in [3.8, 4) is 0 Å². The third kappa shape index (κ3) is 2.44. The van der Waals surface area contributed by atoms with Gasteiger partial charge >= 0.3 is 0 Å². The van der Waals surface area contributed by atoms with Crippen LogP contribution >= 0.6 is 0 Å². The largest absolute Gasteiger partial charge is 0.394 e. The minimum Gasteiger partial charge on any atom is -0.394 e. The highest BCUT2D eigenvalue weighted by Gasteiger charge is 2.35. The van der Waals surface area contributed by atoms with Crippen molar-refractivity contribution in [3.63, 3.8) is 0 Å². The summed E-state index contributed by atoms with van der Waals surface area (Å²) in [5.41, 5.74) is 0.413. The molecule has 2 atom stereocenters. The van der Waals surface area contributed by atoms with Crippen molar-refractivity contribution >= 4 is 5.69 Å². The lowest BCUT2D eigenvalue weighted by molar-refractivity contribution is -0.384. The average molecular weight is 238 g/mol. The SMILES string of the molecule is C[C@@]1(CO)CO[C@H](c2ccc([N+](=O)[O-])cc2)N1. The third-order valence-electron chi connectivity index (χ3n) is 2.80. The molecule has 1 aliphatic rings. The first kappa shape index (κ1) is 12.0. The molecule has 1 saturated heterocycles. The first-order valence-electron chi connectivity index (χ1n) is 5.29. The van der Waals surface area contributed by atoms with Crippen LogP contribution in [0.3, 0.4) is 0 Å². The van der Waals surface area contributed by atoms with Crippen LogP contribution in [0.2, 0.25) is 0 Å². The summed E-state index contributed by atoms with van der Waals surface area (Å²) in [6.07, 6.45) is -0.326. The Bertz CT molecular complexity index is 420. The van der Waals surface area contributed by atoms with Crippen LogP contribution in [0.1, 0.15) is 18.7 Å². The monoisotopic (exact) mass is 238 g/mol. The number of rotatable bonds is 3. The molecular weight excluding hydrogens is 224 g/mol. The van der Waals surface area contributed by atoms with Gasteiger partial charge in [0.25, 0.3) is 5.69 Å². The number of non-ortho nitro benzene ring substituents is 1. The van der Waals surface area contributed by atoms with Gasteiger partial charge in [-0.05, 0) is 24.6 Å². The number of benzene rings is 1. The van der Waals surface area contributed by atoms with E-state index in [0.717, 1.165) is 5.56 Å². The van der Waals surface area contributed by atoms with Gasteiger partial charge in [-0.15, -0.1) is 0 Å². The first-order chi connectivity index (χ1) is 8.04. The number of nitro groups is 1. The Morgan fingerprint density at radius 2 is 2.24 bits per heavy atom. The van der Waals surface area contributed by atoms with E-state index in [1.165, 1.54) is 12.1 Å². The zero-order valence-electron chi connectivity index (χ0n) is 9.42. The molecule has 1 aromatic rings. The normalized spacial score (nSPS) is 28.2. The Labute approximate surface area is 98.4 Å². The number of ether oxygens (including phenoxy) is 1. The summed E-state index contributed by atoms with van der Waals surface area (Å²) in [6, 6.07) is 6.18. The second-order valence-electron chi connectivity index (χ2n) is 4.40. The molecule has 0 bridgehead atoms. The van der Waals surface area contributed by atoms with Crippen molar-refractivity contribution in [1.82, 2.24) is 5.32 Å². The molecule has 1 aromatic carbocycles. The summed E-state index contributed by atoms with van der Waals surface area (Å²) in [7, 11) is 0. The first-order valence-corrected chi connectivity index (χ1v) is 5.29. The fraction of sp³-hybridized carbons (Fsp3) is 0.455. The number of hydrogen-bond donors (Lipinski definition) is 2. The number of aliphatic hydroxyl groups excluding tert-OH is 1. The van der Waals surface area contributed by atoms with Crippen molar-refractivity contribution < 1.29 is 14.8 Å². The molecule has 0 amide bonds. The summed E-state index contributed by atoms with van der Waals surface area (Å²) in [4.78, 5) is 10.1. The maximum absolute atomic E-state index is 10.5. The maximum Gasteiger partial charge on any atom is 0.269 e. The lowest BCUT2D eigenvalue weighted by atomic mass is 10.1. The summed E-state index contributed by atoms with van der Waals surface area (Å²) in [6.45, 7) is 2.25. The van der Waals surface area contributed by atoms with Crippen molar-refractivity contribution in [2.45, 2.75) is 18.7 Å². The Kier molecular flexibility index (Phi) is 3.10. The molecule has 0 aromatic heterocycles. The number of hydrogen-bond acceptors (Lipinski definition) is 5. The molecule has 0 saturated carbocycles. The zero-order chi connectivity index (χ0) is 12.5. The average Bonchev–Trinajstić information content (AvgIpc) is 2.73. The molecular formula is C11H14N2O4. The Balaban J connectivity index is 2.12. The number of nitro benzene ring substituents is 1. The second kappa shape index (κ2) is 4.40. The smallest absolute Gasteiger partial charge is 0.269 e. The van der Waals surface area contributed by atoms with E-state index < -0.39 is 10.5 Å². The van der Waals surface area contributed by atoms with Gasteiger partial charge in [0, 0.05) is 12.1 Å². The Morgan fingerprint density at radius 1 is 1.59 bits per heavy atom. The van der Waals surface area contributed by atoms with Crippen molar-refractivity contribution in [2.24, 2.45) is 0 Å². The number of aliphatic hydroxyl groups is 1. The number of nitrogens with zero attached hydrogens (tertiary/aromatic N) is 1. The van der Waals surface area contributed by atoms with Gasteiger partial charge in [0.05, 0.1) is 23.7 Å². The highest BCUT2D eigenvalue weighted by molar-refractivity contribution is 5.34. The van der Waals surface area contributed by atoms with E-state index in [1.807, 2.05) is 6.92 Å². The van der Waals surface area contributed by atoms with Crippen LogP contribution in [0, 0.1) is 10.1 Å². The molecule has 0 aliphatic carbocycles. The van der Waals surface area contributed by atoms with E-state index >= 15 is 0 Å². The van der Waals surface area contributed by atoms with Crippen LogP contribution in [-0.2, 0) is 4.74 Å². The van der Waals surface area contributed by atoms with Crippen molar-refractivity contribution in [2.75, 3.05) is 13.2 Å². The van der Waals surface area contributed by atoms with E-state index in [2.05, 4.69) is 5.32 Å². The van der Waals surface area contributed by atoms with E-state index in [9.17, 15) is 15.2 Å². The molecule has 6 nitrogen and oxygen atoms in total. The van der Waals surface area contributed by atoms with Gasteiger partial charge in [-0.3, -0.25) is 15.4 Å². The second-order valence-corrected chi connectivity index (χ2v) is 4.40. The fourth-order valence-corrected chi connectivity index (χ4v) is 1.71. The standard InChI is InChI=1S/C11H14N2O4/c1-11(6-14)7-17-10(12-11)8-2-4-9(5-3-8)13(15)16/h2-5,10,12,14H,6-7H2,1H3/t10-,11-/m1/s1. The van der Waals surface area contributed by atoms with Gasteiger partial charge < -0.3 is 9.84 Å². The summed E-state index contributed by atoms with van der Waals surface area (Å²) in [5, 5.41) is 22.8. The lowest BCUT2D eigenvalue weighted by Crippen LogP contribution is -2.43. The van der Waals surface area contributed by atoms with E-state index in [4.69, 9.17) is 4.74 Å². The highest BCUT2D eigenvalue weighted by atomic mass is 16.6. The molecule has 2 N–H and O–H groups in total. The Hall–Kier alpha value is -1.50. The molecule has 1 heterocycles. The van der Waals surface area contributed by atoms with Crippen molar-refractivity contribution in [1.29, 1.82) is 0 Å². The molecule has 6 heteroatoms.